The number of piperidine rings is 1. The van der Waals surface area contributed by atoms with Crippen LogP contribution in [0.5, 0.6) is 0 Å². The molecule has 0 spiro atoms. The van der Waals surface area contributed by atoms with E-state index in [-0.39, 0.29) is 11.6 Å². The van der Waals surface area contributed by atoms with Gasteiger partial charge in [-0.2, -0.15) is 13.2 Å². The molecule has 5 heteroatoms. The summed E-state index contributed by atoms with van der Waals surface area (Å²) in [4.78, 5) is 2.09. The van der Waals surface area contributed by atoms with Crippen molar-refractivity contribution < 1.29 is 13.2 Å². The molecule has 0 saturated carbocycles. The number of benzene rings is 2. The van der Waals surface area contributed by atoms with Crippen molar-refractivity contribution in [1.29, 1.82) is 0 Å². The second kappa shape index (κ2) is 6.38. The Bertz CT molecular complexity index is 708. The highest BCUT2D eigenvalue weighted by atomic mass is 19.4. The highest BCUT2D eigenvalue weighted by Gasteiger charge is 2.33. The molecule has 0 aromatic heterocycles. The summed E-state index contributed by atoms with van der Waals surface area (Å²) in [6.07, 6.45) is -1.34. The lowest BCUT2D eigenvalue weighted by Crippen LogP contribution is -2.33. The summed E-state index contributed by atoms with van der Waals surface area (Å²) in [6.45, 7) is 2.26. The molecule has 1 saturated heterocycles. The zero-order valence-corrected chi connectivity index (χ0v) is 13.6. The van der Waals surface area contributed by atoms with Gasteiger partial charge >= 0.3 is 6.18 Å². The van der Waals surface area contributed by atoms with Crippen LogP contribution in [0.1, 0.15) is 42.0 Å². The van der Waals surface area contributed by atoms with E-state index < -0.39 is 11.7 Å². The van der Waals surface area contributed by atoms with Crippen molar-refractivity contribution in [3.63, 3.8) is 0 Å². The molecule has 2 aromatic rings. The minimum absolute atomic E-state index is 0.0862. The smallest absolute Gasteiger partial charge is 0.399 e. The maximum absolute atomic E-state index is 13.2. The van der Waals surface area contributed by atoms with Gasteiger partial charge in [-0.05, 0) is 61.6 Å². The fourth-order valence-corrected chi connectivity index (χ4v) is 3.40. The lowest BCUT2D eigenvalue weighted by atomic mass is 9.94. The Morgan fingerprint density at radius 1 is 1.04 bits per heavy atom. The third-order valence-electron chi connectivity index (χ3n) is 4.68. The molecule has 1 heterocycles. The first-order valence-electron chi connectivity index (χ1n) is 8.16. The second-order valence-electron chi connectivity index (χ2n) is 6.37. The predicted molar refractivity (Wildman–Crippen MR) is 91.0 cm³/mol. The standard InChI is InChI=1S/C19H21F3N2/c1-13-5-10-16(12-17(13)19(20,21)22)24-11-3-2-4-18(24)14-6-8-15(23)9-7-14/h5-10,12,18H,2-4,11,23H2,1H3. The molecule has 0 amide bonds. The largest absolute Gasteiger partial charge is 0.416 e. The third-order valence-corrected chi connectivity index (χ3v) is 4.68. The summed E-state index contributed by atoms with van der Waals surface area (Å²) in [7, 11) is 0. The monoisotopic (exact) mass is 334 g/mol. The van der Waals surface area contributed by atoms with Gasteiger partial charge in [-0.15, -0.1) is 0 Å². The number of alkyl halides is 3. The summed E-state index contributed by atoms with van der Waals surface area (Å²) < 4.78 is 39.7. The van der Waals surface area contributed by atoms with Crippen LogP contribution < -0.4 is 10.6 Å². The molecule has 128 valence electrons. The number of aryl methyl sites for hydroxylation is 1. The molecular weight excluding hydrogens is 313 g/mol. The van der Waals surface area contributed by atoms with Crippen LogP contribution in [0, 0.1) is 6.92 Å². The van der Waals surface area contributed by atoms with Gasteiger partial charge in [0, 0.05) is 17.9 Å². The zero-order valence-electron chi connectivity index (χ0n) is 13.6. The summed E-state index contributed by atoms with van der Waals surface area (Å²) in [5.41, 5.74) is 7.87. The van der Waals surface area contributed by atoms with E-state index in [2.05, 4.69) is 4.90 Å². The molecule has 1 aliphatic heterocycles. The molecule has 1 unspecified atom stereocenters. The maximum Gasteiger partial charge on any atom is 0.416 e. The van der Waals surface area contributed by atoms with Crippen LogP contribution in [0.2, 0.25) is 0 Å². The molecule has 3 rings (SSSR count). The van der Waals surface area contributed by atoms with Gasteiger partial charge in [-0.3, -0.25) is 0 Å². The van der Waals surface area contributed by atoms with E-state index in [0.717, 1.165) is 31.4 Å². The Kier molecular flexibility index (Phi) is 4.43. The van der Waals surface area contributed by atoms with Gasteiger partial charge in [0.05, 0.1) is 11.6 Å². The van der Waals surface area contributed by atoms with Crippen LogP contribution in [0.3, 0.4) is 0 Å². The van der Waals surface area contributed by atoms with Crippen LogP contribution in [0.15, 0.2) is 42.5 Å². The Balaban J connectivity index is 1.98. The van der Waals surface area contributed by atoms with Crippen molar-refractivity contribution >= 4 is 11.4 Å². The maximum atomic E-state index is 13.2. The Labute approximate surface area is 140 Å². The van der Waals surface area contributed by atoms with Gasteiger partial charge in [0.25, 0.3) is 0 Å². The minimum Gasteiger partial charge on any atom is -0.399 e. The van der Waals surface area contributed by atoms with E-state index in [1.165, 1.54) is 13.0 Å². The van der Waals surface area contributed by atoms with Crippen molar-refractivity contribution in [2.45, 2.75) is 38.4 Å². The quantitative estimate of drug-likeness (QED) is 0.752. The van der Waals surface area contributed by atoms with E-state index in [9.17, 15) is 13.2 Å². The molecule has 2 aromatic carbocycles. The highest BCUT2D eigenvalue weighted by Crippen LogP contribution is 2.39. The summed E-state index contributed by atoms with van der Waals surface area (Å²) in [5.74, 6) is 0. The van der Waals surface area contributed by atoms with Gasteiger partial charge in [-0.1, -0.05) is 18.2 Å². The first-order valence-corrected chi connectivity index (χ1v) is 8.16. The molecule has 2 N–H and O–H groups in total. The lowest BCUT2D eigenvalue weighted by Gasteiger charge is -2.38. The van der Waals surface area contributed by atoms with Gasteiger partial charge < -0.3 is 10.6 Å². The van der Waals surface area contributed by atoms with Gasteiger partial charge in [0.15, 0.2) is 0 Å². The third kappa shape index (κ3) is 3.35. The van der Waals surface area contributed by atoms with Crippen molar-refractivity contribution in [2.75, 3.05) is 17.2 Å². The van der Waals surface area contributed by atoms with Crippen LogP contribution in [0.25, 0.3) is 0 Å². The number of hydrogen-bond donors (Lipinski definition) is 1. The van der Waals surface area contributed by atoms with Gasteiger partial charge in [0.2, 0.25) is 0 Å². The van der Waals surface area contributed by atoms with Crippen molar-refractivity contribution in [1.82, 2.24) is 0 Å². The number of anilines is 2. The second-order valence-corrected chi connectivity index (χ2v) is 6.37. The fraction of sp³-hybridized carbons (Fsp3) is 0.368. The predicted octanol–water partition coefficient (Wildman–Crippen LogP) is 5.33. The molecule has 1 atom stereocenters. The minimum atomic E-state index is -4.33. The average molecular weight is 334 g/mol. The number of hydrogen-bond acceptors (Lipinski definition) is 2. The first kappa shape index (κ1) is 16.7. The normalized spacial score (nSPS) is 18.7. The van der Waals surface area contributed by atoms with Crippen LogP contribution in [0.4, 0.5) is 24.5 Å². The molecule has 24 heavy (non-hydrogen) atoms. The highest BCUT2D eigenvalue weighted by molar-refractivity contribution is 5.54. The number of nitrogen functional groups attached to an aromatic ring is 1. The van der Waals surface area contributed by atoms with E-state index in [4.69, 9.17) is 5.73 Å². The van der Waals surface area contributed by atoms with E-state index in [1.807, 2.05) is 24.3 Å². The van der Waals surface area contributed by atoms with Gasteiger partial charge in [-0.25, -0.2) is 0 Å². The Hall–Kier alpha value is -2.17. The zero-order chi connectivity index (χ0) is 17.3. The SMILES string of the molecule is Cc1ccc(N2CCCCC2c2ccc(N)cc2)cc1C(F)(F)F. The van der Waals surface area contributed by atoms with Crippen molar-refractivity contribution in [2.24, 2.45) is 0 Å². The molecule has 0 radical (unpaired) electrons. The molecule has 0 bridgehead atoms. The Morgan fingerprint density at radius 2 is 1.75 bits per heavy atom. The topological polar surface area (TPSA) is 29.3 Å². The van der Waals surface area contributed by atoms with E-state index in [1.54, 1.807) is 12.1 Å². The molecule has 1 fully saturated rings. The number of nitrogens with two attached hydrogens (primary N) is 1. The lowest BCUT2D eigenvalue weighted by molar-refractivity contribution is -0.138. The van der Waals surface area contributed by atoms with E-state index in [0.29, 0.717) is 11.4 Å². The van der Waals surface area contributed by atoms with E-state index >= 15 is 0 Å². The number of halogens is 3. The summed E-state index contributed by atoms with van der Waals surface area (Å²) >= 11 is 0. The number of nitrogens with zero attached hydrogens (tertiary/aromatic N) is 1. The number of rotatable bonds is 2. The molecular formula is C19H21F3N2. The molecule has 0 aliphatic carbocycles. The first-order chi connectivity index (χ1) is 11.4. The van der Waals surface area contributed by atoms with Gasteiger partial charge in [0.1, 0.15) is 0 Å². The van der Waals surface area contributed by atoms with Crippen LogP contribution >= 0.6 is 0 Å². The fourth-order valence-electron chi connectivity index (χ4n) is 3.40. The Morgan fingerprint density at radius 3 is 2.42 bits per heavy atom. The van der Waals surface area contributed by atoms with Crippen LogP contribution in [-0.4, -0.2) is 6.54 Å². The van der Waals surface area contributed by atoms with Crippen molar-refractivity contribution in [3.8, 4) is 0 Å². The molecule has 2 nitrogen and oxygen atoms in total. The van der Waals surface area contributed by atoms with Crippen LogP contribution in [-0.2, 0) is 6.18 Å². The average Bonchev–Trinajstić information content (AvgIpc) is 2.55. The summed E-state index contributed by atoms with van der Waals surface area (Å²) in [6, 6.07) is 12.4. The van der Waals surface area contributed by atoms with Crippen molar-refractivity contribution in [3.05, 3.63) is 59.2 Å². The summed E-state index contributed by atoms with van der Waals surface area (Å²) in [5, 5.41) is 0. The molecule has 1 aliphatic rings.